The zero-order chi connectivity index (χ0) is 26.8. The monoisotopic (exact) mass is 596 g/mol. The Kier molecular flexibility index (Phi) is 8.45. The van der Waals surface area contributed by atoms with Crippen LogP contribution in [0.3, 0.4) is 0 Å². The molecule has 4 rings (SSSR count). The second kappa shape index (κ2) is 11.2. The van der Waals surface area contributed by atoms with Gasteiger partial charge in [0.05, 0.1) is 24.0 Å². The normalized spacial score (nSPS) is 30.9. The lowest BCUT2D eigenvalue weighted by atomic mass is 9.76. The van der Waals surface area contributed by atoms with Gasteiger partial charge in [0, 0.05) is 29.9 Å². The molecule has 2 amide bonds. The molecule has 2 fully saturated rings. The van der Waals surface area contributed by atoms with Crippen molar-refractivity contribution in [3.05, 3.63) is 40.9 Å². The molecule has 3 aliphatic rings. The van der Waals surface area contributed by atoms with Gasteiger partial charge in [-0.3, -0.25) is 13.8 Å². The number of methoxy groups -OCH3 is 1. The summed E-state index contributed by atoms with van der Waals surface area (Å²) in [5, 5.41) is 2.88. The van der Waals surface area contributed by atoms with Crippen LogP contribution in [0, 0.1) is 17.8 Å². The number of halogens is 1. The van der Waals surface area contributed by atoms with Crippen LogP contribution in [0.1, 0.15) is 44.9 Å². The molecule has 37 heavy (non-hydrogen) atoms. The van der Waals surface area contributed by atoms with E-state index in [1.54, 1.807) is 24.1 Å². The molecule has 2 saturated carbocycles. The van der Waals surface area contributed by atoms with Gasteiger partial charge in [-0.05, 0) is 69.2 Å². The van der Waals surface area contributed by atoms with Gasteiger partial charge in [-0.25, -0.2) is 4.79 Å². The predicted octanol–water partition coefficient (Wildman–Crippen LogP) is 3.19. The molecule has 0 bridgehead atoms. The fraction of sp³-hybridized carbons (Fsp3) is 0.577. The molecule has 9 nitrogen and oxygen atoms in total. The maximum atomic E-state index is 13.6. The van der Waals surface area contributed by atoms with Crippen molar-refractivity contribution in [2.75, 3.05) is 20.7 Å². The molecule has 0 saturated heterocycles. The minimum Gasteiger partial charge on any atom is -0.467 e. The van der Waals surface area contributed by atoms with Crippen molar-refractivity contribution in [1.29, 1.82) is 0 Å². The van der Waals surface area contributed by atoms with E-state index >= 15 is 0 Å². The first-order valence-electron chi connectivity index (χ1n) is 12.6. The van der Waals surface area contributed by atoms with Crippen molar-refractivity contribution < 1.29 is 31.7 Å². The predicted molar refractivity (Wildman–Crippen MR) is 139 cm³/mol. The van der Waals surface area contributed by atoms with E-state index in [1.807, 2.05) is 12.2 Å². The highest BCUT2D eigenvalue weighted by Crippen LogP contribution is 2.47. The number of carbonyl (C=O) groups is 3. The van der Waals surface area contributed by atoms with E-state index in [-0.39, 0.29) is 23.1 Å². The Bertz CT molecular complexity index is 1170. The van der Waals surface area contributed by atoms with E-state index in [9.17, 15) is 22.8 Å². The summed E-state index contributed by atoms with van der Waals surface area (Å²) >= 11 is 3.29. The Morgan fingerprint density at radius 3 is 2.57 bits per heavy atom. The lowest BCUT2D eigenvalue weighted by Gasteiger charge is -2.36. The summed E-state index contributed by atoms with van der Waals surface area (Å²) in [5.41, 5.74) is -1.16. The Balaban J connectivity index is 1.59. The minimum absolute atomic E-state index is 0.0151. The lowest BCUT2D eigenvalue weighted by Crippen LogP contribution is -2.52. The van der Waals surface area contributed by atoms with E-state index in [2.05, 4.69) is 21.2 Å². The first-order valence-corrected chi connectivity index (χ1v) is 14.8. The van der Waals surface area contributed by atoms with Gasteiger partial charge in [0.2, 0.25) is 11.8 Å². The molecule has 0 unspecified atom stereocenters. The number of esters is 1. The molecule has 1 aromatic carbocycles. The number of rotatable bonds is 4. The van der Waals surface area contributed by atoms with Gasteiger partial charge in [0.25, 0.3) is 10.1 Å². The third kappa shape index (κ3) is 6.09. The summed E-state index contributed by atoms with van der Waals surface area (Å²) in [7, 11) is -1.06. The lowest BCUT2D eigenvalue weighted by molar-refractivity contribution is -0.149. The van der Waals surface area contributed by atoms with Crippen molar-refractivity contribution >= 4 is 43.8 Å². The third-order valence-corrected chi connectivity index (χ3v) is 9.49. The number of benzene rings is 1. The maximum Gasteiger partial charge on any atom is 0.332 e. The van der Waals surface area contributed by atoms with Gasteiger partial charge in [-0.15, -0.1) is 0 Å². The van der Waals surface area contributed by atoms with E-state index in [0.29, 0.717) is 25.8 Å². The smallest absolute Gasteiger partial charge is 0.332 e. The average Bonchev–Trinajstić information content (AvgIpc) is 3.57. The van der Waals surface area contributed by atoms with E-state index in [0.717, 1.165) is 23.7 Å². The van der Waals surface area contributed by atoms with Gasteiger partial charge in [0.1, 0.15) is 5.54 Å². The number of allylic oxidation sites excluding steroid dienone is 1. The number of hydrogen-bond donors (Lipinski definition) is 1. The molecule has 0 radical (unpaired) electrons. The van der Waals surface area contributed by atoms with Crippen molar-refractivity contribution in [2.45, 2.75) is 61.5 Å². The molecule has 1 N–H and O–H groups in total. The summed E-state index contributed by atoms with van der Waals surface area (Å²) < 4.78 is 37.1. The van der Waals surface area contributed by atoms with Crippen LogP contribution in [-0.4, -0.2) is 63.4 Å². The summed E-state index contributed by atoms with van der Waals surface area (Å²) in [6, 6.07) is 6.11. The van der Waals surface area contributed by atoms with Gasteiger partial charge >= 0.3 is 5.97 Å². The Labute approximate surface area is 226 Å². The fourth-order valence-corrected chi connectivity index (χ4v) is 6.73. The van der Waals surface area contributed by atoms with Crippen molar-refractivity contribution in [3.8, 4) is 0 Å². The zero-order valence-corrected chi connectivity index (χ0v) is 23.4. The molecule has 2 aliphatic carbocycles. The first-order chi connectivity index (χ1) is 17.6. The number of fused-ring (bicyclic) bond motifs is 2. The van der Waals surface area contributed by atoms with E-state index in [1.165, 1.54) is 19.2 Å². The number of carbonyl (C=O) groups excluding carboxylic acids is 3. The second-order valence-electron chi connectivity index (χ2n) is 10.1. The molecule has 11 heteroatoms. The van der Waals surface area contributed by atoms with Crippen LogP contribution in [0.4, 0.5) is 0 Å². The largest absolute Gasteiger partial charge is 0.467 e. The maximum absolute atomic E-state index is 13.6. The minimum atomic E-state index is -4.07. The van der Waals surface area contributed by atoms with Crippen molar-refractivity contribution in [3.63, 3.8) is 0 Å². The number of ether oxygens (including phenoxy) is 1. The molecule has 5 atom stereocenters. The Morgan fingerprint density at radius 1 is 1.14 bits per heavy atom. The highest BCUT2D eigenvalue weighted by Gasteiger charge is 2.62. The Morgan fingerprint density at radius 2 is 1.86 bits per heavy atom. The first kappa shape index (κ1) is 27.8. The van der Waals surface area contributed by atoms with Gasteiger partial charge in [0.15, 0.2) is 0 Å². The SMILES string of the molecule is COC(=O)[C@@]12C[C@H]1C=CCCCCN(C)C(=O)[C@@H]1CC[C@@H](OS(=O)(=O)c3ccc(Br)cc3)C[C@H]1C(=O)N2. The van der Waals surface area contributed by atoms with Crippen molar-refractivity contribution in [1.82, 2.24) is 10.2 Å². The van der Waals surface area contributed by atoms with Crippen LogP contribution in [0.15, 0.2) is 45.8 Å². The third-order valence-electron chi connectivity index (χ3n) is 7.59. The van der Waals surface area contributed by atoms with E-state index in [4.69, 9.17) is 8.92 Å². The summed E-state index contributed by atoms with van der Waals surface area (Å²) in [6.45, 7) is 0.574. The molecule has 1 aromatic rings. The van der Waals surface area contributed by atoms with Crippen LogP contribution >= 0.6 is 15.9 Å². The fourth-order valence-electron chi connectivity index (χ4n) is 5.35. The molecule has 0 aromatic heterocycles. The van der Waals surface area contributed by atoms with Crippen LogP contribution < -0.4 is 5.32 Å². The summed E-state index contributed by atoms with van der Waals surface area (Å²) in [4.78, 5) is 41.3. The Hall–Kier alpha value is -2.24. The van der Waals surface area contributed by atoms with Crippen LogP contribution in [-0.2, 0) is 33.4 Å². The molecule has 0 spiro atoms. The number of hydrogen-bond acceptors (Lipinski definition) is 7. The molecule has 202 valence electrons. The average molecular weight is 598 g/mol. The second-order valence-corrected chi connectivity index (χ2v) is 12.6. The quantitative estimate of drug-likeness (QED) is 0.322. The van der Waals surface area contributed by atoms with Crippen molar-refractivity contribution in [2.24, 2.45) is 17.8 Å². The number of nitrogens with zero attached hydrogens (tertiary/aromatic N) is 1. The highest BCUT2D eigenvalue weighted by molar-refractivity contribution is 9.10. The number of nitrogens with one attached hydrogen (secondary N) is 1. The van der Waals surface area contributed by atoms with Gasteiger partial charge in [-0.1, -0.05) is 28.1 Å². The molecule has 1 aliphatic heterocycles. The zero-order valence-electron chi connectivity index (χ0n) is 21.0. The molecular weight excluding hydrogens is 564 g/mol. The summed E-state index contributed by atoms with van der Waals surface area (Å²) in [5.74, 6) is -2.80. The highest BCUT2D eigenvalue weighted by atomic mass is 79.9. The molecular formula is C26H33BrN2O7S. The summed E-state index contributed by atoms with van der Waals surface area (Å²) in [6.07, 6.45) is 6.81. The van der Waals surface area contributed by atoms with E-state index < -0.39 is 45.5 Å². The number of amides is 2. The van der Waals surface area contributed by atoms with Crippen LogP contribution in [0.25, 0.3) is 0 Å². The topological polar surface area (TPSA) is 119 Å². The molecule has 1 heterocycles. The van der Waals surface area contributed by atoms with Gasteiger partial charge < -0.3 is 15.0 Å². The van der Waals surface area contributed by atoms with Crippen LogP contribution in [0.5, 0.6) is 0 Å². The standard InChI is InChI=1S/C26H33BrN2O7S/c1-29-14-6-4-3-5-7-17-16-26(17,25(32)35-2)28-23(30)22-15-19(10-13-21(22)24(29)31)36-37(33,34)20-11-8-18(27)9-12-20/h5,7-9,11-12,17,19,21-22H,3-4,6,10,13-16H2,1-2H3,(H,28,30)/t17-,19-,21-,22-,26-/m1/s1. The van der Waals surface area contributed by atoms with Gasteiger partial charge in [-0.2, -0.15) is 8.42 Å². The van der Waals surface area contributed by atoms with Crippen LogP contribution in [0.2, 0.25) is 0 Å².